The van der Waals surface area contributed by atoms with Gasteiger partial charge in [-0.2, -0.15) is 5.26 Å². The Hall–Kier alpha value is -2.52. The molecular formula is C18H17F2N3O. The maximum atomic E-state index is 13.5. The molecule has 1 saturated heterocycles. The number of hydrogen-bond acceptors (Lipinski definition) is 4. The first-order valence-corrected chi connectivity index (χ1v) is 7.71. The third kappa shape index (κ3) is 3.08. The second-order valence-corrected chi connectivity index (χ2v) is 5.89. The van der Waals surface area contributed by atoms with E-state index in [2.05, 4.69) is 16.4 Å². The van der Waals surface area contributed by atoms with Crippen LogP contribution in [0.3, 0.4) is 0 Å². The van der Waals surface area contributed by atoms with Crippen LogP contribution in [0.2, 0.25) is 0 Å². The van der Waals surface area contributed by atoms with Gasteiger partial charge >= 0.3 is 0 Å². The molecule has 2 aromatic rings. The number of anilines is 1. The minimum atomic E-state index is -0.893. The van der Waals surface area contributed by atoms with Crippen molar-refractivity contribution in [2.24, 2.45) is 0 Å². The largest absolute Gasteiger partial charge is 0.378 e. The number of benzene rings is 1. The number of pyridine rings is 1. The van der Waals surface area contributed by atoms with Gasteiger partial charge in [0, 0.05) is 12.3 Å². The Labute approximate surface area is 139 Å². The molecular weight excluding hydrogens is 312 g/mol. The van der Waals surface area contributed by atoms with Crippen molar-refractivity contribution in [2.45, 2.75) is 32.4 Å². The standard InChI is InChI=1S/C18H17F2N3O/c1-10-7-17(13(9-21)11(2)22-10)23-16-5-6-24-18(16)12-3-4-14(19)15(20)8-12/h3-4,7-8,16,18H,5-6H2,1-2H3,(H,22,23). The molecule has 2 unspecified atom stereocenters. The molecule has 2 atom stereocenters. The maximum absolute atomic E-state index is 13.5. The quantitative estimate of drug-likeness (QED) is 0.931. The molecule has 3 rings (SSSR count). The van der Waals surface area contributed by atoms with Gasteiger partial charge in [-0.3, -0.25) is 4.98 Å². The number of rotatable bonds is 3. The van der Waals surface area contributed by atoms with E-state index in [9.17, 15) is 14.0 Å². The minimum Gasteiger partial charge on any atom is -0.378 e. The van der Waals surface area contributed by atoms with Gasteiger partial charge in [-0.15, -0.1) is 0 Å². The Morgan fingerprint density at radius 3 is 2.75 bits per heavy atom. The summed E-state index contributed by atoms with van der Waals surface area (Å²) in [5, 5.41) is 12.7. The Morgan fingerprint density at radius 2 is 2.04 bits per heavy atom. The number of nitrogens with one attached hydrogen (secondary N) is 1. The molecule has 4 nitrogen and oxygen atoms in total. The summed E-state index contributed by atoms with van der Waals surface area (Å²) in [4.78, 5) is 4.29. The highest BCUT2D eigenvalue weighted by Crippen LogP contribution is 2.33. The molecule has 1 aromatic heterocycles. The molecule has 6 heteroatoms. The molecule has 0 saturated carbocycles. The van der Waals surface area contributed by atoms with E-state index in [1.54, 1.807) is 6.92 Å². The smallest absolute Gasteiger partial charge is 0.159 e. The molecule has 1 fully saturated rings. The molecule has 124 valence electrons. The first kappa shape index (κ1) is 16.3. The summed E-state index contributed by atoms with van der Waals surface area (Å²) in [5.41, 5.74) is 3.20. The van der Waals surface area contributed by atoms with Crippen molar-refractivity contribution in [3.63, 3.8) is 0 Å². The fourth-order valence-electron chi connectivity index (χ4n) is 3.04. The fourth-order valence-corrected chi connectivity index (χ4v) is 3.04. The molecule has 2 heterocycles. The zero-order valence-corrected chi connectivity index (χ0v) is 13.4. The van der Waals surface area contributed by atoms with E-state index in [-0.39, 0.29) is 6.04 Å². The average molecular weight is 329 g/mol. The molecule has 1 aromatic carbocycles. The molecule has 0 spiro atoms. The molecule has 1 aliphatic rings. The van der Waals surface area contributed by atoms with E-state index in [4.69, 9.17) is 4.74 Å². The molecule has 0 bridgehead atoms. The Bertz CT molecular complexity index is 817. The number of nitriles is 1. The normalized spacial score (nSPS) is 20.0. The number of aromatic nitrogens is 1. The number of aryl methyl sites for hydroxylation is 2. The Morgan fingerprint density at radius 1 is 1.25 bits per heavy atom. The number of ether oxygens (including phenoxy) is 1. The van der Waals surface area contributed by atoms with Crippen molar-refractivity contribution in [1.29, 1.82) is 5.26 Å². The summed E-state index contributed by atoms with van der Waals surface area (Å²) >= 11 is 0. The van der Waals surface area contributed by atoms with Gasteiger partial charge in [0.05, 0.1) is 23.0 Å². The van der Waals surface area contributed by atoms with E-state index in [1.165, 1.54) is 6.07 Å². The van der Waals surface area contributed by atoms with Crippen LogP contribution in [-0.4, -0.2) is 17.6 Å². The summed E-state index contributed by atoms with van der Waals surface area (Å²) in [5.74, 6) is -1.77. The van der Waals surface area contributed by atoms with Gasteiger partial charge in [-0.25, -0.2) is 8.78 Å². The van der Waals surface area contributed by atoms with Gasteiger partial charge in [0.2, 0.25) is 0 Å². The summed E-state index contributed by atoms with van der Waals surface area (Å²) in [6.45, 7) is 4.15. The predicted molar refractivity (Wildman–Crippen MR) is 85.5 cm³/mol. The highest BCUT2D eigenvalue weighted by Gasteiger charge is 2.31. The third-order valence-electron chi connectivity index (χ3n) is 4.15. The number of hydrogen-bond donors (Lipinski definition) is 1. The van der Waals surface area contributed by atoms with Crippen molar-refractivity contribution in [1.82, 2.24) is 4.98 Å². The van der Waals surface area contributed by atoms with Crippen LogP contribution in [0.25, 0.3) is 0 Å². The summed E-state index contributed by atoms with van der Waals surface area (Å²) < 4.78 is 32.4. The van der Waals surface area contributed by atoms with Crippen molar-refractivity contribution in [3.8, 4) is 6.07 Å². The van der Waals surface area contributed by atoms with E-state index < -0.39 is 17.7 Å². The third-order valence-corrected chi connectivity index (χ3v) is 4.15. The van der Waals surface area contributed by atoms with Gasteiger partial charge < -0.3 is 10.1 Å². The van der Waals surface area contributed by atoms with Crippen LogP contribution in [0, 0.1) is 36.8 Å². The van der Waals surface area contributed by atoms with Crippen LogP contribution in [0.15, 0.2) is 24.3 Å². The summed E-state index contributed by atoms with van der Waals surface area (Å²) in [7, 11) is 0. The van der Waals surface area contributed by atoms with Gasteiger partial charge in [0.25, 0.3) is 0 Å². The first-order chi connectivity index (χ1) is 11.5. The molecule has 24 heavy (non-hydrogen) atoms. The zero-order chi connectivity index (χ0) is 17.3. The van der Waals surface area contributed by atoms with Crippen LogP contribution < -0.4 is 5.32 Å². The summed E-state index contributed by atoms with van der Waals surface area (Å²) in [6, 6.07) is 7.62. The second-order valence-electron chi connectivity index (χ2n) is 5.89. The van der Waals surface area contributed by atoms with Crippen molar-refractivity contribution >= 4 is 5.69 Å². The van der Waals surface area contributed by atoms with Crippen LogP contribution in [0.1, 0.15) is 35.0 Å². The van der Waals surface area contributed by atoms with Gasteiger partial charge in [0.1, 0.15) is 12.2 Å². The number of halogens is 2. The second kappa shape index (κ2) is 6.54. The van der Waals surface area contributed by atoms with Crippen LogP contribution in [0.4, 0.5) is 14.5 Å². The molecule has 0 aliphatic carbocycles. The molecule has 0 amide bonds. The highest BCUT2D eigenvalue weighted by atomic mass is 19.2. The van der Waals surface area contributed by atoms with Crippen molar-refractivity contribution < 1.29 is 13.5 Å². The van der Waals surface area contributed by atoms with Crippen LogP contribution in [-0.2, 0) is 4.74 Å². The van der Waals surface area contributed by atoms with E-state index in [0.29, 0.717) is 35.5 Å². The van der Waals surface area contributed by atoms with Gasteiger partial charge in [0.15, 0.2) is 11.6 Å². The zero-order valence-electron chi connectivity index (χ0n) is 13.4. The van der Waals surface area contributed by atoms with E-state index in [1.807, 2.05) is 13.0 Å². The predicted octanol–water partition coefficient (Wildman–Crippen LogP) is 3.79. The van der Waals surface area contributed by atoms with Gasteiger partial charge in [-0.1, -0.05) is 6.07 Å². The topological polar surface area (TPSA) is 57.9 Å². The van der Waals surface area contributed by atoms with Gasteiger partial charge in [-0.05, 0) is 44.0 Å². The lowest BCUT2D eigenvalue weighted by Crippen LogP contribution is -2.24. The maximum Gasteiger partial charge on any atom is 0.159 e. The Balaban J connectivity index is 1.90. The lowest BCUT2D eigenvalue weighted by atomic mass is 10.0. The van der Waals surface area contributed by atoms with Crippen LogP contribution in [0.5, 0.6) is 0 Å². The highest BCUT2D eigenvalue weighted by molar-refractivity contribution is 5.60. The molecule has 1 aliphatic heterocycles. The number of nitrogens with zero attached hydrogens (tertiary/aromatic N) is 2. The van der Waals surface area contributed by atoms with Crippen molar-refractivity contribution in [3.05, 3.63) is 58.4 Å². The summed E-state index contributed by atoms with van der Waals surface area (Å²) in [6.07, 6.45) is 0.301. The lowest BCUT2D eigenvalue weighted by Gasteiger charge is -2.22. The Kier molecular flexibility index (Phi) is 4.45. The molecule has 1 N–H and O–H groups in total. The van der Waals surface area contributed by atoms with E-state index >= 15 is 0 Å². The SMILES string of the molecule is Cc1cc(NC2CCOC2c2ccc(F)c(F)c2)c(C#N)c(C)n1. The lowest BCUT2D eigenvalue weighted by molar-refractivity contribution is 0.107. The average Bonchev–Trinajstić information content (AvgIpc) is 2.98. The monoisotopic (exact) mass is 329 g/mol. The molecule has 0 radical (unpaired) electrons. The van der Waals surface area contributed by atoms with E-state index in [0.717, 1.165) is 17.8 Å². The first-order valence-electron chi connectivity index (χ1n) is 7.71. The fraction of sp³-hybridized carbons (Fsp3) is 0.333. The minimum absolute atomic E-state index is 0.136. The van der Waals surface area contributed by atoms with Crippen molar-refractivity contribution in [2.75, 3.05) is 11.9 Å². The van der Waals surface area contributed by atoms with Crippen LogP contribution >= 0.6 is 0 Å².